The molecule has 346 valence electrons. The summed E-state index contributed by atoms with van der Waals surface area (Å²) in [6.07, 6.45) is 1.97. The predicted octanol–water partition coefficient (Wildman–Crippen LogP) is 4.32. The lowest BCUT2D eigenvalue weighted by molar-refractivity contribution is -0.0289. The van der Waals surface area contributed by atoms with Crippen molar-refractivity contribution in [2.24, 2.45) is 0 Å². The van der Waals surface area contributed by atoms with Gasteiger partial charge in [0.05, 0.1) is 165 Å². The van der Waals surface area contributed by atoms with Gasteiger partial charge in [-0.1, -0.05) is 54.6 Å². The molecule has 0 aliphatic heterocycles. The van der Waals surface area contributed by atoms with E-state index in [2.05, 4.69) is 36.2 Å². The van der Waals surface area contributed by atoms with E-state index in [1.165, 1.54) is 22.3 Å². The number of hydrogen-bond acceptors (Lipinski definition) is 15. The molecule has 16 heteroatoms. The summed E-state index contributed by atoms with van der Waals surface area (Å²) in [7, 11) is 0. The van der Waals surface area contributed by atoms with Crippen LogP contribution < -0.4 is 5.32 Å². The van der Waals surface area contributed by atoms with Crippen LogP contribution in [0.5, 0.6) is 0 Å². The molecular formula is C45H71NO15. The van der Waals surface area contributed by atoms with Gasteiger partial charge in [-0.15, -0.1) is 6.58 Å². The van der Waals surface area contributed by atoms with Crippen molar-refractivity contribution >= 4 is 6.09 Å². The Hall–Kier alpha value is -3.07. The van der Waals surface area contributed by atoms with Crippen LogP contribution in [0.2, 0.25) is 0 Å². The molecule has 61 heavy (non-hydrogen) atoms. The number of carbonyl (C=O) groups excluding carboxylic acids is 1. The maximum absolute atomic E-state index is 12.3. The van der Waals surface area contributed by atoms with Crippen LogP contribution in [-0.4, -0.2) is 191 Å². The Kier molecular flexibility index (Phi) is 33.1. The Labute approximate surface area is 362 Å². The van der Waals surface area contributed by atoms with Crippen LogP contribution in [0.25, 0.3) is 11.1 Å². The van der Waals surface area contributed by atoms with Crippen LogP contribution in [0.15, 0.2) is 61.2 Å². The molecule has 0 spiro atoms. The first kappa shape index (κ1) is 52.3. The van der Waals surface area contributed by atoms with Gasteiger partial charge in [0.1, 0.15) is 6.61 Å². The van der Waals surface area contributed by atoms with Crippen molar-refractivity contribution < 1.29 is 71.1 Å². The topological polar surface area (TPSA) is 158 Å². The molecule has 0 saturated carbocycles. The van der Waals surface area contributed by atoms with E-state index in [-0.39, 0.29) is 5.92 Å². The lowest BCUT2D eigenvalue weighted by atomic mass is 9.98. The summed E-state index contributed by atoms with van der Waals surface area (Å²) in [6, 6.07) is 16.6. The summed E-state index contributed by atoms with van der Waals surface area (Å²) in [5.74, 6) is 0.0468. The molecule has 0 heterocycles. The summed E-state index contributed by atoms with van der Waals surface area (Å²) >= 11 is 0. The van der Waals surface area contributed by atoms with E-state index >= 15 is 0 Å². The number of fused-ring (bicyclic) bond motifs is 3. The third kappa shape index (κ3) is 26.9. The third-order valence-corrected chi connectivity index (χ3v) is 8.78. The second-order valence-electron chi connectivity index (χ2n) is 13.3. The zero-order chi connectivity index (χ0) is 42.9. The van der Waals surface area contributed by atoms with Gasteiger partial charge in [0.2, 0.25) is 0 Å². The van der Waals surface area contributed by atoms with E-state index in [1.54, 1.807) is 6.08 Å². The van der Waals surface area contributed by atoms with Crippen molar-refractivity contribution in [1.29, 1.82) is 0 Å². The van der Waals surface area contributed by atoms with Gasteiger partial charge in [-0.05, 0) is 28.7 Å². The third-order valence-electron chi connectivity index (χ3n) is 8.78. The molecule has 0 unspecified atom stereocenters. The van der Waals surface area contributed by atoms with Gasteiger partial charge in [0.15, 0.2) is 0 Å². The zero-order valence-corrected chi connectivity index (χ0v) is 36.1. The molecule has 1 N–H and O–H groups in total. The Morgan fingerprint density at radius 3 is 1.07 bits per heavy atom. The van der Waals surface area contributed by atoms with Gasteiger partial charge < -0.3 is 71.6 Å². The lowest BCUT2D eigenvalue weighted by Gasteiger charge is -2.14. The molecule has 16 nitrogen and oxygen atoms in total. The van der Waals surface area contributed by atoms with Crippen molar-refractivity contribution in [1.82, 2.24) is 5.32 Å². The molecule has 1 amide bonds. The van der Waals surface area contributed by atoms with Gasteiger partial charge in [0, 0.05) is 19.1 Å². The lowest BCUT2D eigenvalue weighted by Crippen LogP contribution is -2.27. The molecule has 0 atom stereocenters. The van der Waals surface area contributed by atoms with E-state index in [4.69, 9.17) is 66.3 Å². The fourth-order valence-corrected chi connectivity index (χ4v) is 5.82. The van der Waals surface area contributed by atoms with Crippen LogP contribution in [0, 0.1) is 0 Å². The fraction of sp³-hybridized carbons (Fsp3) is 0.667. The van der Waals surface area contributed by atoms with Crippen molar-refractivity contribution in [3.8, 4) is 11.1 Å². The van der Waals surface area contributed by atoms with Gasteiger partial charge in [-0.2, -0.15) is 0 Å². The quantitative estimate of drug-likeness (QED) is 0.0742. The van der Waals surface area contributed by atoms with Gasteiger partial charge >= 0.3 is 6.09 Å². The molecule has 2 aromatic carbocycles. The summed E-state index contributed by atoms with van der Waals surface area (Å²) in [5, 5.41) is 2.81. The number of rotatable bonds is 44. The van der Waals surface area contributed by atoms with E-state index in [0.717, 1.165) is 0 Å². The molecule has 0 bridgehead atoms. The average Bonchev–Trinajstić information content (AvgIpc) is 3.60. The highest BCUT2D eigenvalue weighted by Crippen LogP contribution is 2.44. The summed E-state index contributed by atoms with van der Waals surface area (Å²) in [5.41, 5.74) is 4.80. The van der Waals surface area contributed by atoms with Crippen molar-refractivity contribution in [2.75, 3.05) is 185 Å². The number of hydrogen-bond donors (Lipinski definition) is 1. The molecule has 0 radical (unpaired) electrons. The van der Waals surface area contributed by atoms with E-state index in [0.29, 0.717) is 191 Å². The number of benzene rings is 2. The maximum Gasteiger partial charge on any atom is 0.407 e. The first-order valence-corrected chi connectivity index (χ1v) is 21.5. The van der Waals surface area contributed by atoms with Crippen LogP contribution in [-0.2, 0) is 66.3 Å². The molecule has 0 fully saturated rings. The van der Waals surface area contributed by atoms with E-state index in [1.807, 2.05) is 24.3 Å². The van der Waals surface area contributed by atoms with Crippen LogP contribution in [0.4, 0.5) is 4.79 Å². The smallest absolute Gasteiger partial charge is 0.407 e. The number of carbonyl (C=O) groups is 1. The van der Waals surface area contributed by atoms with Crippen molar-refractivity contribution in [3.05, 3.63) is 72.3 Å². The highest BCUT2D eigenvalue weighted by molar-refractivity contribution is 5.79. The fourth-order valence-electron chi connectivity index (χ4n) is 5.82. The molecular weight excluding hydrogens is 794 g/mol. The van der Waals surface area contributed by atoms with Crippen molar-refractivity contribution in [3.63, 3.8) is 0 Å². The maximum atomic E-state index is 12.3. The van der Waals surface area contributed by atoms with Gasteiger partial charge in [-0.25, -0.2) is 4.79 Å². The summed E-state index contributed by atoms with van der Waals surface area (Å²) in [4.78, 5) is 12.3. The number of alkyl carbamates (subject to hydrolysis) is 1. The second-order valence-corrected chi connectivity index (χ2v) is 13.3. The number of ether oxygens (including phenoxy) is 14. The molecule has 1 aliphatic carbocycles. The zero-order valence-electron chi connectivity index (χ0n) is 36.1. The summed E-state index contributed by atoms with van der Waals surface area (Å²) in [6.45, 7) is 17.4. The van der Waals surface area contributed by atoms with E-state index in [9.17, 15) is 4.79 Å². The SMILES string of the molecule is C=CCOCCOCCOCCOCCOCCOCCOCCOCCOCCOCCOCCOCCOCCCNC(=O)OCC1c2ccccc2-c2ccccc21. The Bertz CT molecular complexity index is 1290. The summed E-state index contributed by atoms with van der Waals surface area (Å²) < 4.78 is 76.7. The monoisotopic (exact) mass is 865 g/mol. The first-order valence-electron chi connectivity index (χ1n) is 21.5. The van der Waals surface area contributed by atoms with Crippen molar-refractivity contribution in [2.45, 2.75) is 12.3 Å². The highest BCUT2D eigenvalue weighted by atomic mass is 16.6. The van der Waals surface area contributed by atoms with Crippen LogP contribution >= 0.6 is 0 Å². The Morgan fingerprint density at radius 1 is 0.443 bits per heavy atom. The number of nitrogens with one attached hydrogen (secondary N) is 1. The standard InChI is InChI=1S/C45H71NO15/c1-2-13-48-15-17-50-19-21-52-23-25-54-27-29-56-31-33-58-35-37-60-38-36-59-34-32-57-30-28-55-26-24-53-22-20-51-18-16-49-14-7-12-46-45(47)61-39-44-42-10-5-3-8-40(42)41-9-4-6-11-43(41)44/h2-6,8-11,44H,1,7,12-39H2,(H,46,47). The Morgan fingerprint density at radius 2 is 0.738 bits per heavy atom. The minimum atomic E-state index is -0.417. The average molecular weight is 866 g/mol. The van der Waals surface area contributed by atoms with Gasteiger partial charge in [0.25, 0.3) is 0 Å². The molecule has 0 saturated heterocycles. The predicted molar refractivity (Wildman–Crippen MR) is 229 cm³/mol. The van der Waals surface area contributed by atoms with E-state index < -0.39 is 6.09 Å². The largest absolute Gasteiger partial charge is 0.449 e. The molecule has 2 aromatic rings. The Balaban J connectivity index is 0.915. The first-order chi connectivity index (χ1) is 30.3. The van der Waals surface area contributed by atoms with Crippen LogP contribution in [0.1, 0.15) is 23.5 Å². The normalized spacial score (nSPS) is 12.1. The second kappa shape index (κ2) is 38.6. The highest BCUT2D eigenvalue weighted by Gasteiger charge is 2.29. The van der Waals surface area contributed by atoms with Crippen LogP contribution in [0.3, 0.4) is 0 Å². The molecule has 3 rings (SSSR count). The molecule has 0 aromatic heterocycles. The molecule has 1 aliphatic rings. The van der Waals surface area contributed by atoms with Gasteiger partial charge in [-0.3, -0.25) is 0 Å². The minimum absolute atomic E-state index is 0.0468. The minimum Gasteiger partial charge on any atom is -0.449 e. The number of amides is 1.